The summed E-state index contributed by atoms with van der Waals surface area (Å²) >= 11 is 0. The van der Waals surface area contributed by atoms with E-state index < -0.39 is 0 Å². The van der Waals surface area contributed by atoms with E-state index in [0.717, 1.165) is 18.0 Å². The maximum atomic E-state index is 5.79. The fourth-order valence-corrected chi connectivity index (χ4v) is 2.46. The van der Waals surface area contributed by atoms with Crippen LogP contribution in [0, 0.1) is 10.8 Å². The highest BCUT2D eigenvalue weighted by molar-refractivity contribution is 5.16. The van der Waals surface area contributed by atoms with E-state index in [-0.39, 0.29) is 5.41 Å². The number of unbranched alkanes of at least 4 members (excludes halogenated alkanes) is 4. The van der Waals surface area contributed by atoms with Gasteiger partial charge in [0.15, 0.2) is 0 Å². The van der Waals surface area contributed by atoms with Gasteiger partial charge in [0, 0.05) is 11.8 Å². The van der Waals surface area contributed by atoms with Crippen LogP contribution in [0.3, 0.4) is 0 Å². The number of rotatable bonds is 9. The third-order valence-corrected chi connectivity index (χ3v) is 3.79. The van der Waals surface area contributed by atoms with Gasteiger partial charge in [-0.15, -0.1) is 0 Å². The van der Waals surface area contributed by atoms with Crippen LogP contribution < -0.4 is 4.74 Å². The van der Waals surface area contributed by atoms with E-state index in [1.807, 2.05) is 6.07 Å². The molecule has 0 aromatic carbocycles. The van der Waals surface area contributed by atoms with Crippen LogP contribution in [0.25, 0.3) is 0 Å². The van der Waals surface area contributed by atoms with Gasteiger partial charge in [-0.1, -0.05) is 73.3 Å². The van der Waals surface area contributed by atoms with Crippen LogP contribution in [0.5, 0.6) is 5.88 Å². The number of aryl methyl sites for hydroxylation is 1. The summed E-state index contributed by atoms with van der Waals surface area (Å²) in [6.45, 7) is 14.2. The van der Waals surface area contributed by atoms with Gasteiger partial charge in [-0.25, -0.2) is 4.98 Å². The highest BCUT2D eigenvalue weighted by Gasteiger charge is 2.11. The molecule has 2 nitrogen and oxygen atoms in total. The van der Waals surface area contributed by atoms with Gasteiger partial charge in [-0.3, -0.25) is 0 Å². The molecule has 1 heterocycles. The van der Waals surface area contributed by atoms with Crippen molar-refractivity contribution < 1.29 is 4.74 Å². The van der Waals surface area contributed by atoms with Gasteiger partial charge in [0.1, 0.15) is 0 Å². The zero-order chi connectivity index (χ0) is 17.3. The Morgan fingerprint density at radius 2 is 1.48 bits per heavy atom. The molecule has 132 valence electrons. The molecule has 1 rings (SSSR count). The van der Waals surface area contributed by atoms with Gasteiger partial charge in [0.25, 0.3) is 0 Å². The van der Waals surface area contributed by atoms with Crippen LogP contribution in [-0.4, -0.2) is 11.6 Å². The fraction of sp³-hybridized carbons (Fsp3) is 0.762. The summed E-state index contributed by atoms with van der Waals surface area (Å²) < 4.78 is 5.79. The van der Waals surface area contributed by atoms with Gasteiger partial charge in [0.2, 0.25) is 5.88 Å². The van der Waals surface area contributed by atoms with E-state index >= 15 is 0 Å². The molecule has 1 aromatic heterocycles. The zero-order valence-corrected chi connectivity index (χ0v) is 16.2. The molecule has 2 heteroatoms. The summed E-state index contributed by atoms with van der Waals surface area (Å²) in [7, 11) is 0. The SMILES string of the molecule is CC(C)(C)CCCCCCCc1cccc(OCC(C)(C)C)n1. The molecule has 0 saturated carbocycles. The summed E-state index contributed by atoms with van der Waals surface area (Å²) in [5.41, 5.74) is 1.81. The van der Waals surface area contributed by atoms with Crippen molar-refractivity contribution in [3.63, 3.8) is 0 Å². The molecule has 0 fully saturated rings. The van der Waals surface area contributed by atoms with E-state index in [1.54, 1.807) is 0 Å². The second-order valence-electron chi connectivity index (χ2n) is 9.14. The van der Waals surface area contributed by atoms with Crippen LogP contribution in [0.1, 0.15) is 85.8 Å². The lowest BCUT2D eigenvalue weighted by Crippen LogP contribution is -2.17. The number of hydrogen-bond acceptors (Lipinski definition) is 2. The van der Waals surface area contributed by atoms with Crippen molar-refractivity contribution in [2.24, 2.45) is 10.8 Å². The Hall–Kier alpha value is -1.05. The Bertz CT molecular complexity index is 440. The summed E-state index contributed by atoms with van der Waals surface area (Å²) in [5, 5.41) is 0. The lowest BCUT2D eigenvalue weighted by atomic mass is 9.89. The molecule has 0 saturated heterocycles. The van der Waals surface area contributed by atoms with Crippen LogP contribution >= 0.6 is 0 Å². The fourth-order valence-electron chi connectivity index (χ4n) is 2.46. The third-order valence-electron chi connectivity index (χ3n) is 3.79. The van der Waals surface area contributed by atoms with Gasteiger partial charge in [-0.05, 0) is 36.2 Å². The molecule has 0 N–H and O–H groups in total. The molecule has 0 aliphatic carbocycles. The van der Waals surface area contributed by atoms with Gasteiger partial charge < -0.3 is 4.74 Å². The lowest BCUT2D eigenvalue weighted by Gasteiger charge is -2.18. The Balaban J connectivity index is 2.20. The van der Waals surface area contributed by atoms with Crippen molar-refractivity contribution in [1.82, 2.24) is 4.98 Å². The molecule has 0 aliphatic rings. The number of ether oxygens (including phenoxy) is 1. The number of hydrogen-bond donors (Lipinski definition) is 0. The molecule has 0 unspecified atom stereocenters. The molecule has 0 bridgehead atoms. The van der Waals surface area contributed by atoms with Crippen molar-refractivity contribution in [2.45, 2.75) is 86.5 Å². The van der Waals surface area contributed by atoms with Crippen LogP contribution in [0.2, 0.25) is 0 Å². The van der Waals surface area contributed by atoms with Crippen LogP contribution in [0.4, 0.5) is 0 Å². The molecule has 23 heavy (non-hydrogen) atoms. The first kappa shape index (κ1) is 20.0. The minimum absolute atomic E-state index is 0.171. The first-order valence-corrected chi connectivity index (χ1v) is 9.24. The molecule has 0 amide bonds. The van der Waals surface area contributed by atoms with E-state index in [4.69, 9.17) is 4.74 Å². The minimum Gasteiger partial charge on any atom is -0.477 e. The van der Waals surface area contributed by atoms with E-state index in [0.29, 0.717) is 12.0 Å². The van der Waals surface area contributed by atoms with E-state index in [9.17, 15) is 0 Å². The second-order valence-corrected chi connectivity index (χ2v) is 9.14. The number of aromatic nitrogens is 1. The minimum atomic E-state index is 0.171. The molecule has 1 aromatic rings. The standard InChI is InChI=1S/C21H37NO/c1-20(2,3)16-11-9-7-8-10-13-18-14-12-15-19(22-18)23-17-21(4,5)6/h12,14-15H,7-11,13,16-17H2,1-6H3. The van der Waals surface area contributed by atoms with Crippen molar-refractivity contribution in [2.75, 3.05) is 6.61 Å². The Morgan fingerprint density at radius 1 is 0.826 bits per heavy atom. The molecule has 0 aliphatic heterocycles. The summed E-state index contributed by atoms with van der Waals surface area (Å²) in [6, 6.07) is 6.13. The lowest BCUT2D eigenvalue weighted by molar-refractivity contribution is 0.191. The van der Waals surface area contributed by atoms with Gasteiger partial charge in [-0.2, -0.15) is 0 Å². The van der Waals surface area contributed by atoms with E-state index in [2.05, 4.69) is 58.7 Å². The van der Waals surface area contributed by atoms with Crippen LogP contribution in [0.15, 0.2) is 18.2 Å². The van der Waals surface area contributed by atoms with Crippen molar-refractivity contribution in [3.8, 4) is 5.88 Å². The molecule has 0 spiro atoms. The summed E-state index contributed by atoms with van der Waals surface area (Å²) in [6.07, 6.45) is 8.99. The maximum absolute atomic E-state index is 5.79. The summed E-state index contributed by atoms with van der Waals surface area (Å²) in [5.74, 6) is 0.766. The molecular weight excluding hydrogens is 282 g/mol. The van der Waals surface area contributed by atoms with Crippen molar-refractivity contribution >= 4 is 0 Å². The zero-order valence-electron chi connectivity index (χ0n) is 16.2. The van der Waals surface area contributed by atoms with Crippen molar-refractivity contribution in [3.05, 3.63) is 23.9 Å². The third kappa shape index (κ3) is 11.2. The number of nitrogens with zero attached hydrogens (tertiary/aromatic N) is 1. The average molecular weight is 320 g/mol. The highest BCUT2D eigenvalue weighted by atomic mass is 16.5. The predicted octanol–water partition coefficient (Wildman–Crippen LogP) is 6.44. The van der Waals surface area contributed by atoms with Crippen molar-refractivity contribution in [1.29, 1.82) is 0 Å². The Labute approximate surface area is 144 Å². The average Bonchev–Trinajstić information content (AvgIpc) is 2.43. The van der Waals surface area contributed by atoms with E-state index in [1.165, 1.54) is 38.5 Å². The topological polar surface area (TPSA) is 22.1 Å². The Morgan fingerprint density at radius 3 is 2.13 bits per heavy atom. The van der Waals surface area contributed by atoms with Gasteiger partial charge in [0.05, 0.1) is 6.61 Å². The quantitative estimate of drug-likeness (QED) is 0.489. The molecule has 0 atom stereocenters. The molecular formula is C21H37NO. The first-order valence-electron chi connectivity index (χ1n) is 9.24. The largest absolute Gasteiger partial charge is 0.477 e. The monoisotopic (exact) mass is 319 g/mol. The first-order chi connectivity index (χ1) is 10.7. The smallest absolute Gasteiger partial charge is 0.213 e. The predicted molar refractivity (Wildman–Crippen MR) is 100 cm³/mol. The van der Waals surface area contributed by atoms with Crippen LogP contribution in [-0.2, 0) is 6.42 Å². The van der Waals surface area contributed by atoms with Gasteiger partial charge >= 0.3 is 0 Å². The highest BCUT2D eigenvalue weighted by Crippen LogP contribution is 2.22. The summed E-state index contributed by atoms with van der Waals surface area (Å²) in [4.78, 5) is 4.62. The Kier molecular flexibility index (Phi) is 8.08. The molecule has 0 radical (unpaired) electrons. The second kappa shape index (κ2) is 9.30. The maximum Gasteiger partial charge on any atom is 0.213 e. The normalized spacial score (nSPS) is 12.4. The number of pyridine rings is 1.